The molecule has 2 rings (SSSR count). The van der Waals surface area contributed by atoms with E-state index in [4.69, 9.17) is 4.98 Å². The molecular weight excluding hydrogens is 322 g/mol. The number of nitrogens with zero attached hydrogens (tertiary/aromatic N) is 3. The normalized spacial score (nSPS) is 12.8. The Morgan fingerprint density at radius 1 is 1.47 bits per heavy atom. The van der Waals surface area contributed by atoms with Crippen LogP contribution in [0.4, 0.5) is 5.82 Å². The van der Waals surface area contributed by atoms with Crippen LogP contribution in [-0.4, -0.2) is 34.5 Å². The van der Waals surface area contributed by atoms with Gasteiger partial charge < -0.3 is 9.30 Å². The van der Waals surface area contributed by atoms with Crippen LogP contribution in [0.25, 0.3) is 5.65 Å². The van der Waals surface area contributed by atoms with Gasteiger partial charge in [-0.05, 0) is 37.5 Å². The maximum atomic E-state index is 4.76. The van der Waals surface area contributed by atoms with Gasteiger partial charge in [0, 0.05) is 24.6 Å². The minimum absolute atomic E-state index is 0.496. The quantitative estimate of drug-likeness (QED) is 0.745. The molecule has 0 spiro atoms. The number of alkyl halides is 1. The molecule has 0 fully saturated rings. The van der Waals surface area contributed by atoms with Crippen molar-refractivity contribution in [1.82, 2.24) is 9.38 Å². The maximum absolute atomic E-state index is 4.76. The van der Waals surface area contributed by atoms with Crippen LogP contribution in [0.3, 0.4) is 0 Å². The summed E-state index contributed by atoms with van der Waals surface area (Å²) in [5, 5.41) is 0.813. The molecule has 0 aliphatic heterocycles. The minimum atomic E-state index is 0.496. The van der Waals surface area contributed by atoms with E-state index in [0.29, 0.717) is 6.04 Å². The molecule has 2 aromatic rings. The van der Waals surface area contributed by atoms with Crippen LogP contribution in [0, 0.1) is 0 Å². The number of aromatic nitrogens is 2. The summed E-state index contributed by atoms with van der Waals surface area (Å²) in [6.07, 6.45) is 5.40. The van der Waals surface area contributed by atoms with E-state index in [0.717, 1.165) is 16.8 Å². The van der Waals surface area contributed by atoms with Gasteiger partial charge in [-0.25, -0.2) is 4.98 Å². The van der Waals surface area contributed by atoms with E-state index in [1.54, 1.807) is 0 Å². The molecule has 104 valence electrons. The molecule has 5 heteroatoms. The van der Waals surface area contributed by atoms with Crippen LogP contribution < -0.4 is 4.90 Å². The van der Waals surface area contributed by atoms with Gasteiger partial charge in [-0.15, -0.1) is 0 Å². The Morgan fingerprint density at radius 3 is 2.95 bits per heavy atom. The Balaban J connectivity index is 2.33. The second-order valence-electron chi connectivity index (χ2n) is 4.69. The van der Waals surface area contributed by atoms with Crippen molar-refractivity contribution in [2.75, 3.05) is 24.0 Å². The lowest BCUT2D eigenvalue weighted by molar-refractivity contribution is 0.662. The molecule has 0 amide bonds. The minimum Gasteiger partial charge on any atom is -0.355 e. The molecule has 2 aromatic heterocycles. The average molecular weight is 342 g/mol. The topological polar surface area (TPSA) is 20.5 Å². The number of hydrogen-bond acceptors (Lipinski definition) is 3. The summed E-state index contributed by atoms with van der Waals surface area (Å²) in [6, 6.07) is 6.62. The van der Waals surface area contributed by atoms with Gasteiger partial charge in [-0.3, -0.25) is 0 Å². The highest BCUT2D eigenvalue weighted by molar-refractivity contribution is 9.08. The Kier molecular flexibility index (Phi) is 5.16. The fraction of sp³-hybridized carbons (Fsp3) is 0.500. The molecule has 1 atom stereocenters. The van der Waals surface area contributed by atoms with Gasteiger partial charge in [0.1, 0.15) is 5.65 Å². The zero-order valence-corrected chi connectivity index (χ0v) is 14.0. The molecule has 0 aliphatic rings. The SMILES string of the molecule is CSCCC(C)N(C)c1nc2ccccn2c1CBr. The Bertz CT molecular complexity index is 540. The molecule has 1 unspecified atom stereocenters. The maximum Gasteiger partial charge on any atom is 0.152 e. The zero-order valence-electron chi connectivity index (χ0n) is 11.6. The van der Waals surface area contributed by atoms with Gasteiger partial charge in [0.15, 0.2) is 5.82 Å². The van der Waals surface area contributed by atoms with E-state index >= 15 is 0 Å². The average Bonchev–Trinajstić information content (AvgIpc) is 2.82. The highest BCUT2D eigenvalue weighted by atomic mass is 79.9. The van der Waals surface area contributed by atoms with E-state index in [-0.39, 0.29) is 0 Å². The number of pyridine rings is 1. The summed E-state index contributed by atoms with van der Waals surface area (Å²) in [5.74, 6) is 2.26. The fourth-order valence-electron chi connectivity index (χ4n) is 2.13. The second kappa shape index (κ2) is 6.66. The van der Waals surface area contributed by atoms with Gasteiger partial charge in [-0.1, -0.05) is 22.0 Å². The first-order valence-electron chi connectivity index (χ1n) is 6.42. The lowest BCUT2D eigenvalue weighted by Crippen LogP contribution is -2.30. The summed E-state index contributed by atoms with van der Waals surface area (Å²) in [6.45, 7) is 2.26. The Hall–Kier alpha value is -0.680. The van der Waals surface area contributed by atoms with E-state index in [2.05, 4.69) is 57.7 Å². The van der Waals surface area contributed by atoms with Crippen molar-refractivity contribution in [3.05, 3.63) is 30.1 Å². The summed E-state index contributed by atoms with van der Waals surface area (Å²) >= 11 is 5.48. The first-order chi connectivity index (χ1) is 9.19. The van der Waals surface area contributed by atoms with Crippen LogP contribution in [-0.2, 0) is 5.33 Å². The van der Waals surface area contributed by atoms with Crippen molar-refractivity contribution in [3.63, 3.8) is 0 Å². The van der Waals surface area contributed by atoms with Crippen LogP contribution in [0.15, 0.2) is 24.4 Å². The molecule has 0 saturated heterocycles. The molecule has 0 saturated carbocycles. The highest BCUT2D eigenvalue weighted by Gasteiger charge is 2.18. The number of anilines is 1. The molecule has 3 nitrogen and oxygen atoms in total. The molecular formula is C14H20BrN3S. The predicted molar refractivity (Wildman–Crippen MR) is 88.7 cm³/mol. The van der Waals surface area contributed by atoms with Gasteiger partial charge in [-0.2, -0.15) is 11.8 Å². The molecule has 0 N–H and O–H groups in total. The van der Waals surface area contributed by atoms with E-state index in [9.17, 15) is 0 Å². The Morgan fingerprint density at radius 2 is 2.26 bits per heavy atom. The standard InChI is InChI=1S/C14H20BrN3S/c1-11(7-9-19-3)17(2)14-12(10-15)18-8-5-4-6-13(18)16-14/h4-6,8,11H,7,9-10H2,1-3H3. The van der Waals surface area contributed by atoms with Crippen LogP contribution in [0.2, 0.25) is 0 Å². The number of fused-ring (bicyclic) bond motifs is 1. The Labute approximate surface area is 127 Å². The van der Waals surface area contributed by atoms with E-state index in [1.165, 1.54) is 17.9 Å². The van der Waals surface area contributed by atoms with Gasteiger partial charge in [0.25, 0.3) is 0 Å². The van der Waals surface area contributed by atoms with Gasteiger partial charge in [0.05, 0.1) is 5.69 Å². The van der Waals surface area contributed by atoms with Crippen LogP contribution in [0.5, 0.6) is 0 Å². The second-order valence-corrected chi connectivity index (χ2v) is 6.23. The smallest absolute Gasteiger partial charge is 0.152 e. The van der Waals surface area contributed by atoms with Gasteiger partial charge >= 0.3 is 0 Å². The number of halogens is 1. The van der Waals surface area contributed by atoms with Crippen molar-refractivity contribution >= 4 is 39.2 Å². The third-order valence-electron chi connectivity index (χ3n) is 3.47. The number of rotatable bonds is 6. The van der Waals surface area contributed by atoms with Crippen molar-refractivity contribution in [2.24, 2.45) is 0 Å². The number of thioether (sulfide) groups is 1. The largest absolute Gasteiger partial charge is 0.355 e. The molecule has 0 bridgehead atoms. The molecule has 19 heavy (non-hydrogen) atoms. The van der Waals surface area contributed by atoms with Crippen molar-refractivity contribution in [2.45, 2.75) is 24.7 Å². The number of hydrogen-bond donors (Lipinski definition) is 0. The summed E-state index contributed by atoms with van der Waals surface area (Å²) in [5.41, 5.74) is 2.23. The first-order valence-corrected chi connectivity index (χ1v) is 8.94. The molecule has 0 radical (unpaired) electrons. The fourth-order valence-corrected chi connectivity index (χ4v) is 3.23. The third-order valence-corrected chi connectivity index (χ3v) is 4.64. The highest BCUT2D eigenvalue weighted by Crippen LogP contribution is 2.25. The number of imidazole rings is 1. The van der Waals surface area contributed by atoms with Crippen LogP contribution in [0.1, 0.15) is 19.0 Å². The van der Waals surface area contributed by atoms with Crippen molar-refractivity contribution < 1.29 is 0 Å². The monoisotopic (exact) mass is 341 g/mol. The van der Waals surface area contributed by atoms with Crippen molar-refractivity contribution in [1.29, 1.82) is 0 Å². The molecule has 2 heterocycles. The predicted octanol–water partition coefficient (Wildman–Crippen LogP) is 3.81. The first kappa shape index (κ1) is 14.7. The lowest BCUT2D eigenvalue weighted by Gasteiger charge is -2.25. The lowest BCUT2D eigenvalue weighted by atomic mass is 10.2. The van der Waals surface area contributed by atoms with Crippen molar-refractivity contribution in [3.8, 4) is 0 Å². The zero-order chi connectivity index (χ0) is 13.8. The van der Waals surface area contributed by atoms with Gasteiger partial charge in [0.2, 0.25) is 0 Å². The summed E-state index contributed by atoms with van der Waals surface area (Å²) in [7, 11) is 2.14. The summed E-state index contributed by atoms with van der Waals surface area (Å²) in [4.78, 5) is 7.06. The molecule has 0 aliphatic carbocycles. The molecule has 0 aromatic carbocycles. The van der Waals surface area contributed by atoms with Crippen LogP contribution >= 0.6 is 27.7 Å². The van der Waals surface area contributed by atoms with E-state index in [1.807, 2.05) is 23.9 Å². The summed E-state index contributed by atoms with van der Waals surface area (Å²) < 4.78 is 2.15. The van der Waals surface area contributed by atoms with E-state index < -0.39 is 0 Å². The third kappa shape index (κ3) is 3.08.